The van der Waals surface area contributed by atoms with Crippen molar-refractivity contribution in [2.75, 3.05) is 18.5 Å². The number of hydrogen-bond donors (Lipinski definition) is 3. The molecule has 0 fully saturated rings. The molecular formula is C13H21BrN4O3. The Morgan fingerprint density at radius 3 is 2.71 bits per heavy atom. The van der Waals surface area contributed by atoms with E-state index in [1.807, 2.05) is 13.8 Å². The number of nitrogens with one attached hydrogen (secondary N) is 2. The molecule has 3 N–H and O–H groups in total. The van der Waals surface area contributed by atoms with E-state index in [-0.39, 0.29) is 29.1 Å². The number of carbonyl (C=O) groups excluding carboxylic acids is 1. The van der Waals surface area contributed by atoms with Gasteiger partial charge in [-0.3, -0.25) is 9.59 Å². The van der Waals surface area contributed by atoms with Gasteiger partial charge in [-0.1, -0.05) is 13.8 Å². The average molecular weight is 361 g/mol. The largest absolute Gasteiger partial charge is 0.394 e. The van der Waals surface area contributed by atoms with Gasteiger partial charge in [-0.2, -0.15) is 5.10 Å². The van der Waals surface area contributed by atoms with E-state index >= 15 is 0 Å². The van der Waals surface area contributed by atoms with Crippen LogP contribution in [-0.2, 0) is 11.3 Å². The van der Waals surface area contributed by atoms with Gasteiger partial charge in [0.2, 0.25) is 5.91 Å². The number of hydrogen-bond acceptors (Lipinski definition) is 5. The van der Waals surface area contributed by atoms with E-state index in [0.717, 1.165) is 4.68 Å². The molecule has 118 valence electrons. The van der Waals surface area contributed by atoms with Gasteiger partial charge >= 0.3 is 0 Å². The minimum absolute atomic E-state index is 0.127. The molecule has 1 unspecified atom stereocenters. The number of aliphatic hydroxyl groups is 1. The molecule has 8 heteroatoms. The van der Waals surface area contributed by atoms with Crippen molar-refractivity contribution < 1.29 is 9.90 Å². The number of rotatable bonds is 7. The molecule has 0 aromatic carbocycles. The molecular weight excluding hydrogens is 340 g/mol. The lowest BCUT2D eigenvalue weighted by Gasteiger charge is -2.17. The van der Waals surface area contributed by atoms with Gasteiger partial charge < -0.3 is 15.7 Å². The zero-order valence-corrected chi connectivity index (χ0v) is 14.0. The normalized spacial score (nSPS) is 12.3. The Balaban J connectivity index is 2.77. The summed E-state index contributed by atoms with van der Waals surface area (Å²) in [7, 11) is 0. The zero-order chi connectivity index (χ0) is 16.0. The molecule has 0 radical (unpaired) electrons. The fourth-order valence-corrected chi connectivity index (χ4v) is 2.00. The van der Waals surface area contributed by atoms with Gasteiger partial charge in [0.15, 0.2) is 0 Å². The van der Waals surface area contributed by atoms with Crippen LogP contribution in [0.25, 0.3) is 0 Å². The monoisotopic (exact) mass is 360 g/mol. The number of anilines is 1. The van der Waals surface area contributed by atoms with E-state index in [0.29, 0.717) is 18.2 Å². The lowest BCUT2D eigenvalue weighted by molar-refractivity contribution is -0.121. The Bertz CT molecular complexity index is 545. The highest BCUT2D eigenvalue weighted by Gasteiger charge is 2.16. The fraction of sp³-hybridized carbons (Fsp3) is 0.615. The summed E-state index contributed by atoms with van der Waals surface area (Å²) in [5, 5.41) is 18.5. The SMILES string of the molecule is CC(C)CNC(=O)C(C)Nc1cnn(CCO)c(=O)c1Br. The van der Waals surface area contributed by atoms with E-state index in [2.05, 4.69) is 31.7 Å². The minimum Gasteiger partial charge on any atom is -0.394 e. The Hall–Kier alpha value is -1.41. The van der Waals surface area contributed by atoms with Gasteiger partial charge in [0, 0.05) is 6.54 Å². The number of aromatic nitrogens is 2. The molecule has 0 aliphatic rings. The van der Waals surface area contributed by atoms with Crippen LogP contribution in [-0.4, -0.2) is 40.0 Å². The van der Waals surface area contributed by atoms with Gasteiger partial charge in [0.25, 0.3) is 5.56 Å². The topological polar surface area (TPSA) is 96.2 Å². The van der Waals surface area contributed by atoms with Crippen molar-refractivity contribution in [3.05, 3.63) is 21.0 Å². The summed E-state index contributed by atoms with van der Waals surface area (Å²) >= 11 is 3.19. The number of carbonyl (C=O) groups is 1. The third-order valence-corrected chi connectivity index (χ3v) is 3.51. The van der Waals surface area contributed by atoms with Crippen molar-refractivity contribution in [1.82, 2.24) is 15.1 Å². The van der Waals surface area contributed by atoms with Crippen LogP contribution >= 0.6 is 15.9 Å². The first-order chi connectivity index (χ1) is 9.86. The number of nitrogens with zero attached hydrogens (tertiary/aromatic N) is 2. The number of aliphatic hydroxyl groups excluding tert-OH is 1. The van der Waals surface area contributed by atoms with Gasteiger partial charge in [0.05, 0.1) is 25.0 Å². The Morgan fingerprint density at radius 2 is 2.14 bits per heavy atom. The van der Waals surface area contributed by atoms with Crippen LogP contribution in [0.2, 0.25) is 0 Å². The molecule has 0 spiro atoms. The van der Waals surface area contributed by atoms with Crippen LogP contribution in [0.4, 0.5) is 5.69 Å². The molecule has 1 aromatic rings. The standard InChI is InChI=1S/C13H21BrN4O3/c1-8(2)6-15-12(20)9(3)17-10-7-16-18(4-5-19)13(21)11(10)14/h7-9,17,19H,4-6H2,1-3H3,(H,15,20). The fourth-order valence-electron chi connectivity index (χ4n) is 1.58. The summed E-state index contributed by atoms with van der Waals surface area (Å²) in [6.07, 6.45) is 1.45. The molecule has 1 aromatic heterocycles. The molecule has 0 saturated heterocycles. The maximum atomic E-state index is 11.9. The average Bonchev–Trinajstić information content (AvgIpc) is 2.44. The first-order valence-corrected chi connectivity index (χ1v) is 7.56. The second-order valence-corrected chi connectivity index (χ2v) is 5.92. The number of halogens is 1. The van der Waals surface area contributed by atoms with Crippen LogP contribution in [0.15, 0.2) is 15.5 Å². The van der Waals surface area contributed by atoms with Crippen molar-refractivity contribution in [3.8, 4) is 0 Å². The highest BCUT2D eigenvalue weighted by molar-refractivity contribution is 9.10. The van der Waals surface area contributed by atoms with Crippen molar-refractivity contribution in [1.29, 1.82) is 0 Å². The predicted octanol–water partition coefficient (Wildman–Crippen LogP) is 0.571. The molecule has 1 amide bonds. The maximum absolute atomic E-state index is 11.9. The lowest BCUT2D eigenvalue weighted by atomic mass is 10.2. The van der Waals surface area contributed by atoms with Gasteiger partial charge in [-0.05, 0) is 28.8 Å². The Labute approximate surface area is 131 Å². The summed E-state index contributed by atoms with van der Waals surface area (Å²) < 4.78 is 1.44. The van der Waals surface area contributed by atoms with Crippen LogP contribution in [0.1, 0.15) is 20.8 Å². The molecule has 1 rings (SSSR count). The van der Waals surface area contributed by atoms with E-state index < -0.39 is 6.04 Å². The third-order valence-electron chi connectivity index (χ3n) is 2.75. The Kier molecular flexibility index (Phi) is 6.83. The van der Waals surface area contributed by atoms with Crippen LogP contribution in [0, 0.1) is 5.92 Å². The first kappa shape index (κ1) is 17.6. The van der Waals surface area contributed by atoms with E-state index in [1.165, 1.54) is 6.20 Å². The highest BCUT2D eigenvalue weighted by atomic mass is 79.9. The molecule has 0 aliphatic carbocycles. The smallest absolute Gasteiger partial charge is 0.283 e. The van der Waals surface area contributed by atoms with Crippen molar-refractivity contribution in [3.63, 3.8) is 0 Å². The van der Waals surface area contributed by atoms with E-state index in [1.54, 1.807) is 6.92 Å². The molecule has 21 heavy (non-hydrogen) atoms. The second-order valence-electron chi connectivity index (χ2n) is 5.13. The predicted molar refractivity (Wildman–Crippen MR) is 84.2 cm³/mol. The maximum Gasteiger partial charge on any atom is 0.283 e. The molecule has 0 aliphatic heterocycles. The zero-order valence-electron chi connectivity index (χ0n) is 12.4. The van der Waals surface area contributed by atoms with Crippen molar-refractivity contribution in [2.45, 2.75) is 33.4 Å². The van der Waals surface area contributed by atoms with E-state index in [9.17, 15) is 9.59 Å². The van der Waals surface area contributed by atoms with Gasteiger partial charge in [0.1, 0.15) is 10.5 Å². The summed E-state index contributed by atoms with van der Waals surface area (Å²) in [6, 6.07) is -0.491. The van der Waals surface area contributed by atoms with Crippen LogP contribution in [0.3, 0.4) is 0 Å². The summed E-state index contributed by atoms with van der Waals surface area (Å²) in [5.41, 5.74) is 0.0882. The molecule has 1 heterocycles. The lowest BCUT2D eigenvalue weighted by Crippen LogP contribution is -2.39. The molecule has 1 atom stereocenters. The molecule has 0 bridgehead atoms. The highest BCUT2D eigenvalue weighted by Crippen LogP contribution is 2.17. The summed E-state index contributed by atoms with van der Waals surface area (Å²) in [6.45, 7) is 6.30. The van der Waals surface area contributed by atoms with Gasteiger partial charge in [-0.25, -0.2) is 4.68 Å². The summed E-state index contributed by atoms with van der Waals surface area (Å²) in [5.74, 6) is 0.229. The number of amides is 1. The van der Waals surface area contributed by atoms with Gasteiger partial charge in [-0.15, -0.1) is 0 Å². The molecule has 0 saturated carbocycles. The second kappa shape index (κ2) is 8.14. The minimum atomic E-state index is -0.491. The quantitative estimate of drug-likeness (QED) is 0.660. The van der Waals surface area contributed by atoms with Crippen LogP contribution in [0.5, 0.6) is 0 Å². The molecule has 7 nitrogen and oxygen atoms in total. The van der Waals surface area contributed by atoms with Crippen LogP contribution < -0.4 is 16.2 Å². The van der Waals surface area contributed by atoms with Crippen molar-refractivity contribution in [2.24, 2.45) is 5.92 Å². The van der Waals surface area contributed by atoms with Crippen molar-refractivity contribution >= 4 is 27.5 Å². The Morgan fingerprint density at radius 1 is 1.48 bits per heavy atom. The summed E-state index contributed by atoms with van der Waals surface area (Å²) in [4.78, 5) is 23.8. The third kappa shape index (κ3) is 5.13. The van der Waals surface area contributed by atoms with E-state index in [4.69, 9.17) is 5.11 Å². The first-order valence-electron chi connectivity index (χ1n) is 6.77.